The number of ether oxygens (including phenoxy) is 1. The van der Waals surface area contributed by atoms with Crippen LogP contribution in [0.3, 0.4) is 0 Å². The molecule has 1 aliphatic heterocycles. The molecule has 1 aromatic rings. The van der Waals surface area contributed by atoms with Crippen molar-refractivity contribution in [2.75, 3.05) is 33.4 Å². The Balaban J connectivity index is 2.04. The predicted molar refractivity (Wildman–Crippen MR) is 75.0 cm³/mol. The van der Waals surface area contributed by atoms with Gasteiger partial charge in [0.25, 0.3) is 0 Å². The van der Waals surface area contributed by atoms with E-state index in [0.29, 0.717) is 19.8 Å². The van der Waals surface area contributed by atoms with Gasteiger partial charge in [0, 0.05) is 26.7 Å². The number of rotatable bonds is 5. The monoisotopic (exact) mass is 262 g/mol. The minimum absolute atomic E-state index is 0.117. The maximum Gasteiger partial charge on any atom is 0.244 e. The minimum Gasteiger partial charge on any atom is -0.380 e. The lowest BCUT2D eigenvalue weighted by atomic mass is 9.93. The van der Waals surface area contributed by atoms with Crippen LogP contribution < -0.4 is 5.32 Å². The summed E-state index contributed by atoms with van der Waals surface area (Å²) in [6.07, 6.45) is 0.989. The number of amides is 1. The Morgan fingerprint density at radius 2 is 2.26 bits per heavy atom. The van der Waals surface area contributed by atoms with Gasteiger partial charge in [0.15, 0.2) is 0 Å². The van der Waals surface area contributed by atoms with Crippen molar-refractivity contribution in [1.82, 2.24) is 10.2 Å². The number of hydrogen-bond acceptors (Lipinski definition) is 3. The molecule has 1 amide bonds. The Hall–Kier alpha value is -1.39. The molecule has 4 heteroatoms. The van der Waals surface area contributed by atoms with Crippen LogP contribution in [0.4, 0.5) is 0 Å². The second-order valence-electron chi connectivity index (χ2n) is 4.79. The van der Waals surface area contributed by atoms with E-state index < -0.39 is 0 Å². The van der Waals surface area contributed by atoms with Crippen molar-refractivity contribution >= 4 is 5.91 Å². The van der Waals surface area contributed by atoms with Crippen LogP contribution in [0.2, 0.25) is 0 Å². The molecule has 4 nitrogen and oxygen atoms in total. The average molecular weight is 262 g/mol. The lowest BCUT2D eigenvalue weighted by Gasteiger charge is -2.29. The number of nitrogens with zero attached hydrogens (tertiary/aromatic N) is 1. The maximum absolute atomic E-state index is 12.5. The van der Waals surface area contributed by atoms with Gasteiger partial charge in [0.1, 0.15) is 6.04 Å². The van der Waals surface area contributed by atoms with Crippen LogP contribution in [0.15, 0.2) is 24.3 Å². The van der Waals surface area contributed by atoms with Crippen LogP contribution in [0.5, 0.6) is 0 Å². The molecule has 0 radical (unpaired) electrons. The molecule has 0 fully saturated rings. The SMILES string of the molecule is CCOCCN(C)C(=O)C1NCCc2ccccc21. The standard InChI is InChI=1S/C15H22N2O2/c1-3-19-11-10-17(2)15(18)14-13-7-5-4-6-12(13)8-9-16-14/h4-7,14,16H,3,8-11H2,1-2H3. The summed E-state index contributed by atoms with van der Waals surface area (Å²) in [5, 5.41) is 3.31. The van der Waals surface area contributed by atoms with Crippen molar-refractivity contribution in [1.29, 1.82) is 0 Å². The molecule has 1 unspecified atom stereocenters. The highest BCUT2D eigenvalue weighted by atomic mass is 16.5. The third-order valence-corrected chi connectivity index (χ3v) is 3.51. The fraction of sp³-hybridized carbons (Fsp3) is 0.533. The summed E-state index contributed by atoms with van der Waals surface area (Å²) in [7, 11) is 1.83. The first kappa shape index (κ1) is 14.0. The number of carbonyl (C=O) groups is 1. The van der Waals surface area contributed by atoms with Crippen LogP contribution in [0.1, 0.15) is 24.1 Å². The molecule has 1 heterocycles. The van der Waals surface area contributed by atoms with Gasteiger partial charge in [-0.1, -0.05) is 24.3 Å². The Bertz CT molecular complexity index is 434. The highest BCUT2D eigenvalue weighted by molar-refractivity contribution is 5.83. The maximum atomic E-state index is 12.5. The third kappa shape index (κ3) is 3.33. The Kier molecular flexibility index (Phi) is 4.93. The topological polar surface area (TPSA) is 41.6 Å². The zero-order valence-electron chi connectivity index (χ0n) is 11.7. The summed E-state index contributed by atoms with van der Waals surface area (Å²) in [4.78, 5) is 14.2. The van der Waals surface area contributed by atoms with Crippen molar-refractivity contribution in [3.8, 4) is 0 Å². The van der Waals surface area contributed by atoms with E-state index in [1.54, 1.807) is 4.90 Å². The van der Waals surface area contributed by atoms with Gasteiger partial charge < -0.3 is 15.0 Å². The zero-order chi connectivity index (χ0) is 13.7. The van der Waals surface area contributed by atoms with Gasteiger partial charge in [0.2, 0.25) is 5.91 Å². The van der Waals surface area contributed by atoms with Gasteiger partial charge in [0.05, 0.1) is 6.61 Å². The quantitative estimate of drug-likeness (QED) is 0.815. The number of benzene rings is 1. The van der Waals surface area contributed by atoms with Crippen molar-refractivity contribution in [3.05, 3.63) is 35.4 Å². The summed E-state index contributed by atoms with van der Waals surface area (Å²) in [6, 6.07) is 7.96. The molecule has 0 saturated heterocycles. The number of fused-ring (bicyclic) bond motifs is 1. The molecule has 1 atom stereocenters. The fourth-order valence-electron chi connectivity index (χ4n) is 2.40. The number of likely N-dealkylation sites (N-methyl/N-ethyl adjacent to an activating group) is 1. The van der Waals surface area contributed by atoms with E-state index in [1.165, 1.54) is 5.56 Å². The van der Waals surface area contributed by atoms with E-state index >= 15 is 0 Å². The summed E-state index contributed by atoms with van der Waals surface area (Å²) in [6.45, 7) is 4.72. The average Bonchev–Trinajstić information content (AvgIpc) is 2.46. The van der Waals surface area contributed by atoms with Gasteiger partial charge in [-0.2, -0.15) is 0 Å². The normalized spacial score (nSPS) is 17.9. The number of carbonyl (C=O) groups excluding carboxylic acids is 1. The molecular weight excluding hydrogens is 240 g/mol. The molecule has 0 spiro atoms. The van der Waals surface area contributed by atoms with Gasteiger partial charge in [-0.25, -0.2) is 0 Å². The summed E-state index contributed by atoms with van der Waals surface area (Å²) >= 11 is 0. The van der Waals surface area contributed by atoms with Gasteiger partial charge in [-0.3, -0.25) is 4.79 Å². The molecule has 0 saturated carbocycles. The fourth-order valence-corrected chi connectivity index (χ4v) is 2.40. The second-order valence-corrected chi connectivity index (χ2v) is 4.79. The second kappa shape index (κ2) is 6.68. The van der Waals surface area contributed by atoms with Crippen LogP contribution in [0.25, 0.3) is 0 Å². The van der Waals surface area contributed by atoms with E-state index in [2.05, 4.69) is 11.4 Å². The number of hydrogen-bond donors (Lipinski definition) is 1. The molecule has 0 aliphatic carbocycles. The molecule has 2 rings (SSSR count). The molecule has 1 N–H and O–H groups in total. The van der Waals surface area contributed by atoms with Crippen LogP contribution >= 0.6 is 0 Å². The smallest absolute Gasteiger partial charge is 0.244 e. The van der Waals surface area contributed by atoms with Crippen molar-refractivity contribution < 1.29 is 9.53 Å². The van der Waals surface area contributed by atoms with E-state index in [4.69, 9.17) is 4.74 Å². The van der Waals surface area contributed by atoms with E-state index in [0.717, 1.165) is 18.5 Å². The molecule has 0 bridgehead atoms. The van der Waals surface area contributed by atoms with Gasteiger partial charge in [-0.05, 0) is 24.5 Å². The summed E-state index contributed by atoms with van der Waals surface area (Å²) < 4.78 is 5.30. The third-order valence-electron chi connectivity index (χ3n) is 3.51. The lowest BCUT2D eigenvalue weighted by molar-refractivity contribution is -0.133. The molecule has 1 aliphatic rings. The first-order chi connectivity index (χ1) is 9.24. The highest BCUT2D eigenvalue weighted by Gasteiger charge is 2.27. The van der Waals surface area contributed by atoms with E-state index in [1.807, 2.05) is 32.2 Å². The van der Waals surface area contributed by atoms with Gasteiger partial charge in [-0.15, -0.1) is 0 Å². The van der Waals surface area contributed by atoms with Gasteiger partial charge >= 0.3 is 0 Å². The molecule has 104 valence electrons. The Morgan fingerprint density at radius 1 is 1.47 bits per heavy atom. The van der Waals surface area contributed by atoms with E-state index in [-0.39, 0.29) is 11.9 Å². The summed E-state index contributed by atoms with van der Waals surface area (Å²) in [5.74, 6) is 0.117. The first-order valence-electron chi connectivity index (χ1n) is 6.88. The van der Waals surface area contributed by atoms with E-state index in [9.17, 15) is 4.79 Å². The number of nitrogens with one attached hydrogen (secondary N) is 1. The molecule has 1 aromatic carbocycles. The molecule has 19 heavy (non-hydrogen) atoms. The van der Waals surface area contributed by atoms with Crippen molar-refractivity contribution in [2.24, 2.45) is 0 Å². The van der Waals surface area contributed by atoms with Crippen LogP contribution in [-0.4, -0.2) is 44.2 Å². The highest BCUT2D eigenvalue weighted by Crippen LogP contribution is 2.23. The van der Waals surface area contributed by atoms with Crippen molar-refractivity contribution in [3.63, 3.8) is 0 Å². The zero-order valence-corrected chi connectivity index (χ0v) is 11.7. The van der Waals surface area contributed by atoms with Crippen LogP contribution in [-0.2, 0) is 16.0 Å². The largest absolute Gasteiger partial charge is 0.380 e. The van der Waals surface area contributed by atoms with Crippen molar-refractivity contribution in [2.45, 2.75) is 19.4 Å². The Labute approximate surface area is 114 Å². The predicted octanol–water partition coefficient (Wildman–Crippen LogP) is 1.37. The summed E-state index contributed by atoms with van der Waals surface area (Å²) in [5.41, 5.74) is 2.39. The Morgan fingerprint density at radius 3 is 3.05 bits per heavy atom. The minimum atomic E-state index is -0.212. The first-order valence-corrected chi connectivity index (χ1v) is 6.88. The molecular formula is C15H22N2O2. The lowest BCUT2D eigenvalue weighted by Crippen LogP contribution is -2.43. The van der Waals surface area contributed by atoms with Crippen LogP contribution in [0, 0.1) is 0 Å². The molecule has 0 aromatic heterocycles.